The van der Waals surface area contributed by atoms with Gasteiger partial charge in [-0.15, -0.1) is 23.7 Å². The van der Waals surface area contributed by atoms with Crippen molar-refractivity contribution in [3.63, 3.8) is 0 Å². The molecular formula is C13H22ClN3S. The molecule has 1 aliphatic carbocycles. The molecule has 1 aliphatic heterocycles. The van der Waals surface area contributed by atoms with Crippen LogP contribution in [-0.4, -0.2) is 29.0 Å². The van der Waals surface area contributed by atoms with Crippen molar-refractivity contribution in [2.24, 2.45) is 5.92 Å². The van der Waals surface area contributed by atoms with Gasteiger partial charge in [-0.1, -0.05) is 6.92 Å². The molecule has 3 nitrogen and oxygen atoms in total. The van der Waals surface area contributed by atoms with Crippen molar-refractivity contribution in [2.45, 2.75) is 45.1 Å². The van der Waals surface area contributed by atoms with Gasteiger partial charge in [0.25, 0.3) is 0 Å². The standard InChI is InChI=1S/C13H21N3S.ClH/c1-2-5-16-6-3-4-9-7-10-12(8-11(9)16)17-13(14)15-10;/h9,11H,2-8H2,1H3,(H2,14,15);1H/t9-,11-;/m1./s1. The molecule has 3 rings (SSSR count). The van der Waals surface area contributed by atoms with E-state index >= 15 is 0 Å². The van der Waals surface area contributed by atoms with E-state index in [0.29, 0.717) is 0 Å². The minimum Gasteiger partial charge on any atom is -0.375 e. The minimum atomic E-state index is 0. The van der Waals surface area contributed by atoms with Crippen LogP contribution >= 0.6 is 23.7 Å². The number of thiazole rings is 1. The number of nitrogens with zero attached hydrogens (tertiary/aromatic N) is 2. The van der Waals surface area contributed by atoms with Crippen LogP contribution < -0.4 is 5.73 Å². The second kappa shape index (κ2) is 5.76. The normalized spacial score (nSPS) is 27.2. The summed E-state index contributed by atoms with van der Waals surface area (Å²) in [5, 5.41) is 0.760. The van der Waals surface area contributed by atoms with E-state index in [0.717, 1.165) is 23.5 Å². The zero-order valence-corrected chi connectivity index (χ0v) is 12.5. The van der Waals surface area contributed by atoms with Crippen LogP contribution in [0.15, 0.2) is 0 Å². The van der Waals surface area contributed by atoms with Gasteiger partial charge in [0.1, 0.15) is 0 Å². The number of hydrogen-bond acceptors (Lipinski definition) is 4. The molecule has 102 valence electrons. The van der Waals surface area contributed by atoms with E-state index in [1.54, 1.807) is 11.3 Å². The molecule has 2 atom stereocenters. The third kappa shape index (κ3) is 2.51. The first-order chi connectivity index (χ1) is 8.28. The molecule has 2 aliphatic rings. The maximum absolute atomic E-state index is 5.83. The molecule has 1 saturated heterocycles. The van der Waals surface area contributed by atoms with Crippen molar-refractivity contribution in [1.82, 2.24) is 9.88 Å². The third-order valence-electron chi connectivity index (χ3n) is 4.19. The van der Waals surface area contributed by atoms with Gasteiger partial charge in [-0.2, -0.15) is 0 Å². The minimum absolute atomic E-state index is 0. The lowest BCUT2D eigenvalue weighted by Gasteiger charge is -2.43. The monoisotopic (exact) mass is 287 g/mol. The van der Waals surface area contributed by atoms with Gasteiger partial charge in [-0.3, -0.25) is 4.90 Å². The van der Waals surface area contributed by atoms with Crippen molar-refractivity contribution < 1.29 is 0 Å². The lowest BCUT2D eigenvalue weighted by molar-refractivity contribution is 0.0857. The number of nitrogen functional groups attached to an aromatic ring is 1. The number of likely N-dealkylation sites (tertiary alicyclic amines) is 1. The molecule has 1 aromatic rings. The second-order valence-electron chi connectivity index (χ2n) is 5.34. The number of fused-ring (bicyclic) bond motifs is 2. The molecule has 18 heavy (non-hydrogen) atoms. The lowest BCUT2D eigenvalue weighted by atomic mass is 9.79. The maximum atomic E-state index is 5.83. The Labute approximate surface area is 119 Å². The topological polar surface area (TPSA) is 42.2 Å². The molecule has 0 aromatic carbocycles. The highest BCUT2D eigenvalue weighted by atomic mass is 35.5. The summed E-state index contributed by atoms with van der Waals surface area (Å²) in [7, 11) is 0. The van der Waals surface area contributed by atoms with Crippen molar-refractivity contribution in [1.29, 1.82) is 0 Å². The SMILES string of the molecule is CCCN1CCC[C@@H]2Cc3nc(N)sc3C[C@H]21.Cl. The van der Waals surface area contributed by atoms with Crippen molar-refractivity contribution in [3.05, 3.63) is 10.6 Å². The summed E-state index contributed by atoms with van der Waals surface area (Å²) in [6.07, 6.45) is 6.35. The fourth-order valence-electron chi connectivity index (χ4n) is 3.47. The average molecular weight is 288 g/mol. The van der Waals surface area contributed by atoms with Crippen LogP contribution in [0, 0.1) is 5.92 Å². The van der Waals surface area contributed by atoms with Gasteiger partial charge in [-0.25, -0.2) is 4.98 Å². The Balaban J connectivity index is 0.00000120. The molecule has 5 heteroatoms. The second-order valence-corrected chi connectivity index (χ2v) is 6.45. The highest BCUT2D eigenvalue weighted by Gasteiger charge is 2.36. The average Bonchev–Trinajstić information content (AvgIpc) is 2.66. The molecule has 0 amide bonds. The molecule has 0 unspecified atom stereocenters. The first kappa shape index (κ1) is 14.1. The summed E-state index contributed by atoms with van der Waals surface area (Å²) in [6, 6.07) is 0.760. The Hall–Kier alpha value is -0.320. The highest BCUT2D eigenvalue weighted by molar-refractivity contribution is 7.15. The summed E-state index contributed by atoms with van der Waals surface area (Å²) in [6.45, 7) is 4.83. The Morgan fingerprint density at radius 3 is 3.06 bits per heavy atom. The van der Waals surface area contributed by atoms with Crippen LogP contribution in [0.1, 0.15) is 36.8 Å². The Bertz CT molecular complexity index is 405. The maximum Gasteiger partial charge on any atom is 0.180 e. The summed E-state index contributed by atoms with van der Waals surface area (Å²) in [5.74, 6) is 0.823. The largest absolute Gasteiger partial charge is 0.375 e. The highest BCUT2D eigenvalue weighted by Crippen LogP contribution is 2.37. The summed E-state index contributed by atoms with van der Waals surface area (Å²) < 4.78 is 0. The van der Waals surface area contributed by atoms with Crippen molar-refractivity contribution in [3.8, 4) is 0 Å². The number of hydrogen-bond donors (Lipinski definition) is 1. The molecule has 1 aromatic heterocycles. The van der Waals surface area contributed by atoms with Gasteiger partial charge in [0.05, 0.1) is 5.69 Å². The summed E-state index contributed by atoms with van der Waals surface area (Å²) in [4.78, 5) is 8.64. The Kier molecular flexibility index (Phi) is 4.51. The van der Waals surface area contributed by atoms with E-state index in [4.69, 9.17) is 5.73 Å². The zero-order chi connectivity index (χ0) is 11.8. The van der Waals surface area contributed by atoms with Gasteiger partial charge in [-0.05, 0) is 51.1 Å². The van der Waals surface area contributed by atoms with E-state index in [-0.39, 0.29) is 12.4 Å². The van der Waals surface area contributed by atoms with Gasteiger partial charge >= 0.3 is 0 Å². The zero-order valence-electron chi connectivity index (χ0n) is 10.9. The molecule has 1 fully saturated rings. The quantitative estimate of drug-likeness (QED) is 0.909. The number of nitrogens with two attached hydrogens (primary N) is 1. The van der Waals surface area contributed by atoms with E-state index in [9.17, 15) is 0 Å². The van der Waals surface area contributed by atoms with Crippen molar-refractivity contribution in [2.75, 3.05) is 18.8 Å². The van der Waals surface area contributed by atoms with Crippen molar-refractivity contribution >= 4 is 28.9 Å². The molecule has 0 spiro atoms. The smallest absolute Gasteiger partial charge is 0.180 e. The lowest BCUT2D eigenvalue weighted by Crippen LogP contribution is -2.49. The molecule has 0 radical (unpaired) electrons. The number of piperidine rings is 1. The van der Waals surface area contributed by atoms with E-state index in [1.807, 2.05) is 0 Å². The van der Waals surface area contributed by atoms with Gasteiger partial charge < -0.3 is 5.73 Å². The van der Waals surface area contributed by atoms with E-state index in [1.165, 1.54) is 49.3 Å². The summed E-state index contributed by atoms with van der Waals surface area (Å²) >= 11 is 1.71. The predicted molar refractivity (Wildman–Crippen MR) is 79.6 cm³/mol. The molecule has 2 N–H and O–H groups in total. The molecule has 0 saturated carbocycles. The number of rotatable bonds is 2. The van der Waals surface area contributed by atoms with Gasteiger partial charge in [0.15, 0.2) is 5.13 Å². The van der Waals surface area contributed by atoms with Crippen LogP contribution in [0.25, 0.3) is 0 Å². The van der Waals surface area contributed by atoms with Gasteiger partial charge in [0, 0.05) is 10.9 Å². The molecule has 2 heterocycles. The van der Waals surface area contributed by atoms with Crippen LogP contribution in [-0.2, 0) is 12.8 Å². The van der Waals surface area contributed by atoms with Crippen LogP contribution in [0.2, 0.25) is 0 Å². The van der Waals surface area contributed by atoms with Crippen LogP contribution in [0.3, 0.4) is 0 Å². The molecule has 0 bridgehead atoms. The third-order valence-corrected chi connectivity index (χ3v) is 5.14. The first-order valence-electron chi connectivity index (χ1n) is 6.76. The Morgan fingerprint density at radius 2 is 2.28 bits per heavy atom. The molecular weight excluding hydrogens is 266 g/mol. The van der Waals surface area contributed by atoms with Gasteiger partial charge in [0.2, 0.25) is 0 Å². The fourth-order valence-corrected chi connectivity index (χ4v) is 4.38. The fraction of sp³-hybridized carbons (Fsp3) is 0.769. The number of halogens is 1. The first-order valence-corrected chi connectivity index (χ1v) is 7.57. The van der Waals surface area contributed by atoms with Crippen LogP contribution in [0.5, 0.6) is 0 Å². The summed E-state index contributed by atoms with van der Waals surface area (Å²) in [5.41, 5.74) is 7.13. The number of aromatic nitrogens is 1. The number of anilines is 1. The van der Waals surface area contributed by atoms with Crippen LogP contribution in [0.4, 0.5) is 5.13 Å². The van der Waals surface area contributed by atoms with E-state index in [2.05, 4.69) is 16.8 Å². The predicted octanol–water partition coefficient (Wildman–Crippen LogP) is 2.74. The van der Waals surface area contributed by atoms with E-state index < -0.39 is 0 Å². The Morgan fingerprint density at radius 1 is 1.44 bits per heavy atom.